The Balaban J connectivity index is 2.74. The fraction of sp³-hybridized carbons (Fsp3) is 0.500. The van der Waals surface area contributed by atoms with Crippen molar-refractivity contribution in [2.24, 2.45) is 5.73 Å². The molecule has 0 bridgehead atoms. The minimum atomic E-state index is 0.000580. The van der Waals surface area contributed by atoms with Crippen LogP contribution in [0.2, 0.25) is 0 Å². The first-order valence-electron chi connectivity index (χ1n) is 5.78. The predicted molar refractivity (Wildman–Crippen MR) is 71.2 cm³/mol. The minimum Gasteiger partial charge on any atom is -0.394 e. The van der Waals surface area contributed by atoms with Crippen LogP contribution in [0.1, 0.15) is 11.3 Å². The highest BCUT2D eigenvalue weighted by molar-refractivity contribution is 5.99. The molecule has 1 rings (SSSR count). The number of nitrogens with two attached hydrogens (primary N) is 1. The van der Waals surface area contributed by atoms with E-state index in [-0.39, 0.29) is 12.4 Å². The third kappa shape index (κ3) is 3.97. The quantitative estimate of drug-likeness (QED) is 0.364. The Bertz CT molecular complexity index is 409. The summed E-state index contributed by atoms with van der Waals surface area (Å²) in [5.74, 6) is 0.677. The Morgan fingerprint density at radius 1 is 1.50 bits per heavy atom. The number of rotatable bonds is 7. The van der Waals surface area contributed by atoms with Gasteiger partial charge in [0.1, 0.15) is 11.7 Å². The zero-order valence-corrected chi connectivity index (χ0v) is 10.8. The zero-order valence-electron chi connectivity index (χ0n) is 10.8. The van der Waals surface area contributed by atoms with Crippen molar-refractivity contribution in [3.8, 4) is 0 Å². The lowest BCUT2D eigenvalue weighted by Crippen LogP contribution is -2.27. The van der Waals surface area contributed by atoms with Crippen LogP contribution in [0.15, 0.2) is 12.1 Å². The number of likely N-dealkylation sites (N-methyl/N-ethyl adjacent to an activating group) is 1. The summed E-state index contributed by atoms with van der Waals surface area (Å²) in [6.45, 7) is 3.35. The summed E-state index contributed by atoms with van der Waals surface area (Å²) in [5.41, 5.74) is 7.02. The molecule has 0 amide bonds. The number of pyridine rings is 1. The van der Waals surface area contributed by atoms with Crippen LogP contribution in [-0.2, 0) is 4.74 Å². The number of ether oxygens (including phenoxy) is 1. The molecule has 4 N–H and O–H groups in total. The Labute approximate surface area is 107 Å². The third-order valence-electron chi connectivity index (χ3n) is 2.47. The van der Waals surface area contributed by atoms with E-state index in [0.29, 0.717) is 31.1 Å². The molecule has 0 aliphatic rings. The summed E-state index contributed by atoms with van der Waals surface area (Å²) < 4.78 is 5.20. The molecule has 0 aliphatic carbocycles. The van der Waals surface area contributed by atoms with Crippen molar-refractivity contribution in [3.05, 3.63) is 23.4 Å². The van der Waals surface area contributed by atoms with Gasteiger partial charge in [-0.15, -0.1) is 0 Å². The van der Waals surface area contributed by atoms with Crippen molar-refractivity contribution >= 4 is 11.7 Å². The van der Waals surface area contributed by atoms with Gasteiger partial charge in [0.05, 0.1) is 25.4 Å². The van der Waals surface area contributed by atoms with Gasteiger partial charge in [-0.25, -0.2) is 4.98 Å². The van der Waals surface area contributed by atoms with Crippen molar-refractivity contribution in [3.63, 3.8) is 0 Å². The largest absolute Gasteiger partial charge is 0.394 e. The molecule has 0 saturated carbocycles. The van der Waals surface area contributed by atoms with Gasteiger partial charge >= 0.3 is 0 Å². The fourth-order valence-electron chi connectivity index (χ4n) is 1.52. The summed E-state index contributed by atoms with van der Waals surface area (Å²) in [6, 6.07) is 3.63. The Hall–Kier alpha value is -1.66. The molecule has 0 unspecified atom stereocenters. The van der Waals surface area contributed by atoms with E-state index >= 15 is 0 Å². The molecule has 100 valence electrons. The van der Waals surface area contributed by atoms with Crippen LogP contribution in [0.25, 0.3) is 0 Å². The van der Waals surface area contributed by atoms with E-state index in [1.807, 2.05) is 24.9 Å². The van der Waals surface area contributed by atoms with Gasteiger partial charge in [0.25, 0.3) is 0 Å². The molecule has 6 heteroatoms. The van der Waals surface area contributed by atoms with E-state index in [1.165, 1.54) is 0 Å². The highest BCUT2D eigenvalue weighted by Gasteiger charge is 2.11. The minimum absolute atomic E-state index is 0.000580. The van der Waals surface area contributed by atoms with Gasteiger partial charge in [-0.05, 0) is 19.1 Å². The van der Waals surface area contributed by atoms with Crippen LogP contribution in [0.5, 0.6) is 0 Å². The second kappa shape index (κ2) is 6.93. The molecule has 18 heavy (non-hydrogen) atoms. The number of anilines is 1. The van der Waals surface area contributed by atoms with Crippen LogP contribution >= 0.6 is 0 Å². The Kier molecular flexibility index (Phi) is 5.54. The molecular weight excluding hydrogens is 232 g/mol. The number of aryl methyl sites for hydroxylation is 1. The highest BCUT2D eigenvalue weighted by atomic mass is 16.5. The number of amidine groups is 1. The number of nitrogens with zero attached hydrogens (tertiary/aromatic N) is 2. The molecule has 0 radical (unpaired) electrons. The molecular formula is C12H20N4O2. The number of hydrogen-bond acceptors (Lipinski definition) is 5. The predicted octanol–water partition coefficient (Wildman–Crippen LogP) is 0.119. The molecule has 0 aliphatic heterocycles. The van der Waals surface area contributed by atoms with Gasteiger partial charge < -0.3 is 20.5 Å². The van der Waals surface area contributed by atoms with Crippen molar-refractivity contribution < 1.29 is 9.84 Å². The Morgan fingerprint density at radius 2 is 2.22 bits per heavy atom. The normalized spacial score (nSPS) is 10.4. The van der Waals surface area contributed by atoms with Gasteiger partial charge in [0.2, 0.25) is 0 Å². The monoisotopic (exact) mass is 252 g/mol. The Morgan fingerprint density at radius 3 is 2.83 bits per heavy atom. The van der Waals surface area contributed by atoms with E-state index < -0.39 is 0 Å². The van der Waals surface area contributed by atoms with E-state index in [4.69, 9.17) is 21.0 Å². The van der Waals surface area contributed by atoms with Crippen molar-refractivity contribution in [2.45, 2.75) is 6.92 Å². The second-order valence-electron chi connectivity index (χ2n) is 4.00. The van der Waals surface area contributed by atoms with Gasteiger partial charge in [-0.2, -0.15) is 0 Å². The first-order valence-corrected chi connectivity index (χ1v) is 5.78. The van der Waals surface area contributed by atoms with Crippen molar-refractivity contribution in [1.82, 2.24) is 4.98 Å². The summed E-state index contributed by atoms with van der Waals surface area (Å²) in [6.07, 6.45) is 0. The fourth-order valence-corrected chi connectivity index (χ4v) is 1.52. The number of aromatic nitrogens is 1. The topological polar surface area (TPSA) is 95.5 Å². The maximum Gasteiger partial charge on any atom is 0.139 e. The molecule has 1 heterocycles. The third-order valence-corrected chi connectivity index (χ3v) is 2.47. The van der Waals surface area contributed by atoms with E-state index in [2.05, 4.69) is 4.98 Å². The van der Waals surface area contributed by atoms with Gasteiger partial charge in [0.15, 0.2) is 0 Å². The lowest BCUT2D eigenvalue weighted by molar-refractivity contribution is 0.0970. The second-order valence-corrected chi connectivity index (χ2v) is 4.00. The molecule has 6 nitrogen and oxygen atoms in total. The van der Waals surface area contributed by atoms with Crippen LogP contribution in [0.4, 0.5) is 5.82 Å². The first-order chi connectivity index (χ1) is 8.56. The number of nitrogens with one attached hydrogen (secondary N) is 1. The molecule has 1 aromatic heterocycles. The van der Waals surface area contributed by atoms with E-state index in [0.717, 1.165) is 5.69 Å². The number of hydrogen-bond donors (Lipinski definition) is 3. The molecule has 0 atom stereocenters. The van der Waals surface area contributed by atoms with Gasteiger partial charge in [-0.3, -0.25) is 5.41 Å². The number of aliphatic hydroxyl groups is 1. The summed E-state index contributed by atoms with van der Waals surface area (Å²) in [5, 5.41) is 16.1. The summed E-state index contributed by atoms with van der Waals surface area (Å²) in [4.78, 5) is 6.28. The highest BCUT2D eigenvalue weighted by Crippen LogP contribution is 2.16. The molecule has 0 aromatic carbocycles. The van der Waals surface area contributed by atoms with Crippen LogP contribution in [0.3, 0.4) is 0 Å². The summed E-state index contributed by atoms with van der Waals surface area (Å²) >= 11 is 0. The van der Waals surface area contributed by atoms with Gasteiger partial charge in [0, 0.05) is 19.3 Å². The molecule has 1 aromatic rings. The maximum absolute atomic E-state index is 8.61. The van der Waals surface area contributed by atoms with Crippen molar-refractivity contribution in [1.29, 1.82) is 5.41 Å². The van der Waals surface area contributed by atoms with Crippen LogP contribution < -0.4 is 10.6 Å². The van der Waals surface area contributed by atoms with Crippen LogP contribution in [-0.4, -0.2) is 49.3 Å². The molecule has 0 fully saturated rings. The van der Waals surface area contributed by atoms with Gasteiger partial charge in [-0.1, -0.05) is 0 Å². The average Bonchev–Trinajstić information content (AvgIpc) is 2.34. The first kappa shape index (κ1) is 14.4. The molecule has 0 saturated heterocycles. The lowest BCUT2D eigenvalue weighted by atomic mass is 10.2. The smallest absolute Gasteiger partial charge is 0.139 e. The maximum atomic E-state index is 8.61. The van der Waals surface area contributed by atoms with E-state index in [1.54, 1.807) is 6.07 Å². The lowest BCUT2D eigenvalue weighted by Gasteiger charge is -2.21. The summed E-state index contributed by atoms with van der Waals surface area (Å²) in [7, 11) is 1.87. The standard InChI is InChI=1S/C12H20N4O2/c1-9-3-4-10(11(13)14)12(15-9)16(2)5-7-18-8-6-17/h3-4,17H,5-8H2,1-2H3,(H3,13,14). The average molecular weight is 252 g/mol. The molecule has 0 spiro atoms. The SMILES string of the molecule is Cc1ccc(C(=N)N)c(N(C)CCOCCO)n1. The van der Waals surface area contributed by atoms with Crippen LogP contribution in [0, 0.1) is 12.3 Å². The number of nitrogen functional groups attached to an aromatic ring is 1. The van der Waals surface area contributed by atoms with Crippen molar-refractivity contribution in [2.75, 3.05) is 38.3 Å². The van der Waals surface area contributed by atoms with E-state index in [9.17, 15) is 0 Å². The number of aliphatic hydroxyl groups excluding tert-OH is 1. The zero-order chi connectivity index (χ0) is 13.5.